The average Bonchev–Trinajstić information content (AvgIpc) is 2.98. The van der Waals surface area contributed by atoms with Crippen molar-refractivity contribution in [1.82, 2.24) is 0 Å². The van der Waals surface area contributed by atoms with Gasteiger partial charge in [-0.1, -0.05) is 0 Å². The van der Waals surface area contributed by atoms with E-state index >= 15 is 0 Å². The third-order valence-corrected chi connectivity index (χ3v) is 4.60. The van der Waals surface area contributed by atoms with Gasteiger partial charge in [0, 0.05) is 11.3 Å². The predicted molar refractivity (Wildman–Crippen MR) is 95.5 cm³/mol. The molecule has 7 heteroatoms. The molecular weight excluding hydrogens is 350 g/mol. The van der Waals surface area contributed by atoms with Crippen LogP contribution in [0.1, 0.15) is 39.1 Å². The Morgan fingerprint density at radius 1 is 1.07 bits per heavy atom. The fraction of sp³-hybridized carbons (Fsp3) is 0.250. The second kappa shape index (κ2) is 6.75. The molecule has 0 spiro atoms. The van der Waals surface area contributed by atoms with E-state index in [9.17, 15) is 14.4 Å². The van der Waals surface area contributed by atoms with Crippen LogP contribution >= 0.6 is 0 Å². The molecule has 1 amide bonds. The fourth-order valence-electron chi connectivity index (χ4n) is 3.06. The summed E-state index contributed by atoms with van der Waals surface area (Å²) in [5.41, 5.74) is 2.15. The molecule has 0 saturated heterocycles. The summed E-state index contributed by atoms with van der Waals surface area (Å²) in [6, 6.07) is 9.70. The van der Waals surface area contributed by atoms with Crippen molar-refractivity contribution in [3.8, 4) is 11.5 Å². The number of hydrogen-bond acceptors (Lipinski definition) is 6. The second-order valence-electron chi connectivity index (χ2n) is 6.37. The average molecular weight is 367 g/mol. The number of benzene rings is 2. The monoisotopic (exact) mass is 367 g/mol. The second-order valence-corrected chi connectivity index (χ2v) is 6.37. The highest BCUT2D eigenvalue weighted by molar-refractivity contribution is 6.05. The first kappa shape index (κ1) is 17.1. The number of nitrogens with one attached hydrogen (secondary N) is 1. The molecule has 2 aliphatic heterocycles. The lowest BCUT2D eigenvalue weighted by Gasteiger charge is -2.18. The van der Waals surface area contributed by atoms with Gasteiger partial charge in [-0.3, -0.25) is 9.59 Å². The van der Waals surface area contributed by atoms with Gasteiger partial charge in [0.15, 0.2) is 23.9 Å². The molecule has 0 aliphatic carbocycles. The van der Waals surface area contributed by atoms with Gasteiger partial charge in [-0.05, 0) is 48.9 Å². The third-order valence-electron chi connectivity index (χ3n) is 4.60. The highest BCUT2D eigenvalue weighted by Gasteiger charge is 2.27. The maximum Gasteiger partial charge on any atom is 0.338 e. The van der Waals surface area contributed by atoms with Gasteiger partial charge in [-0.25, -0.2) is 4.79 Å². The van der Waals surface area contributed by atoms with E-state index in [-0.39, 0.29) is 29.8 Å². The number of amides is 1. The van der Waals surface area contributed by atoms with Crippen molar-refractivity contribution in [1.29, 1.82) is 0 Å². The molecule has 2 aromatic carbocycles. The number of Topliss-reactive ketones (excluding diaryl/α,β-unsaturated/α-hetero) is 1. The smallest absolute Gasteiger partial charge is 0.338 e. The van der Waals surface area contributed by atoms with Gasteiger partial charge in [-0.15, -0.1) is 0 Å². The van der Waals surface area contributed by atoms with Crippen molar-refractivity contribution in [2.24, 2.45) is 0 Å². The molecule has 27 heavy (non-hydrogen) atoms. The molecule has 0 bridgehead atoms. The van der Waals surface area contributed by atoms with E-state index < -0.39 is 5.97 Å². The number of carbonyl (C=O) groups excluding carboxylic acids is 3. The Balaban J connectivity index is 1.42. The SMILES string of the molecule is C[C@@H]1C(=O)Nc2ccc(C(=O)COC(=O)c3ccc4c(c3)OCCO4)cc21. The van der Waals surface area contributed by atoms with Gasteiger partial charge >= 0.3 is 5.97 Å². The Hall–Kier alpha value is -3.35. The standard InChI is InChI=1S/C20H17NO6/c1-11-14-8-12(2-4-15(14)21-19(11)23)16(22)10-27-20(24)13-3-5-17-18(9-13)26-7-6-25-17/h2-5,8-9,11H,6-7,10H2,1H3,(H,21,23)/t11-/m0/s1. The topological polar surface area (TPSA) is 90.9 Å². The molecule has 0 fully saturated rings. The summed E-state index contributed by atoms with van der Waals surface area (Å²) < 4.78 is 16.0. The largest absolute Gasteiger partial charge is 0.486 e. The molecule has 0 radical (unpaired) electrons. The van der Waals surface area contributed by atoms with E-state index in [0.717, 1.165) is 5.56 Å². The van der Waals surface area contributed by atoms with Crippen LogP contribution in [0.5, 0.6) is 11.5 Å². The lowest BCUT2D eigenvalue weighted by molar-refractivity contribution is -0.116. The Kier molecular flexibility index (Phi) is 4.27. The van der Waals surface area contributed by atoms with E-state index in [1.807, 2.05) is 0 Å². The lowest BCUT2D eigenvalue weighted by Crippen LogP contribution is -2.17. The summed E-state index contributed by atoms with van der Waals surface area (Å²) >= 11 is 0. The van der Waals surface area contributed by atoms with E-state index in [4.69, 9.17) is 14.2 Å². The van der Waals surface area contributed by atoms with Gasteiger partial charge in [0.2, 0.25) is 5.91 Å². The highest BCUT2D eigenvalue weighted by Crippen LogP contribution is 2.33. The predicted octanol–water partition coefficient (Wildman–Crippen LogP) is 2.55. The number of ether oxygens (including phenoxy) is 3. The van der Waals surface area contributed by atoms with Crippen LogP contribution in [-0.2, 0) is 9.53 Å². The van der Waals surface area contributed by atoms with Crippen LogP contribution in [0.25, 0.3) is 0 Å². The molecule has 0 unspecified atom stereocenters. The zero-order valence-corrected chi connectivity index (χ0v) is 14.6. The minimum absolute atomic E-state index is 0.0976. The van der Waals surface area contributed by atoms with E-state index in [1.165, 1.54) is 6.07 Å². The van der Waals surface area contributed by atoms with Gasteiger partial charge in [-0.2, -0.15) is 0 Å². The van der Waals surface area contributed by atoms with Crippen LogP contribution in [0.3, 0.4) is 0 Å². The quantitative estimate of drug-likeness (QED) is 0.660. The third kappa shape index (κ3) is 3.23. The summed E-state index contributed by atoms with van der Waals surface area (Å²) in [6.07, 6.45) is 0. The fourth-order valence-corrected chi connectivity index (χ4v) is 3.06. The molecule has 0 saturated carbocycles. The van der Waals surface area contributed by atoms with Crippen LogP contribution in [-0.4, -0.2) is 37.5 Å². The normalized spacial score (nSPS) is 17.1. The van der Waals surface area contributed by atoms with Crippen molar-refractivity contribution in [3.63, 3.8) is 0 Å². The van der Waals surface area contributed by atoms with Gasteiger partial charge < -0.3 is 19.5 Å². The molecule has 4 rings (SSSR count). The van der Waals surface area contributed by atoms with Crippen molar-refractivity contribution < 1.29 is 28.6 Å². The maximum atomic E-state index is 12.4. The van der Waals surface area contributed by atoms with Gasteiger partial charge in [0.25, 0.3) is 0 Å². The van der Waals surface area contributed by atoms with Crippen molar-refractivity contribution in [2.45, 2.75) is 12.8 Å². The number of hydrogen-bond donors (Lipinski definition) is 1. The molecular formula is C20H17NO6. The van der Waals surface area contributed by atoms with Crippen LogP contribution in [0.2, 0.25) is 0 Å². The van der Waals surface area contributed by atoms with Crippen LogP contribution in [0.15, 0.2) is 36.4 Å². The van der Waals surface area contributed by atoms with Crippen molar-refractivity contribution in [3.05, 3.63) is 53.1 Å². The maximum absolute atomic E-state index is 12.4. The molecule has 2 aliphatic rings. The minimum atomic E-state index is -0.619. The Morgan fingerprint density at radius 3 is 2.63 bits per heavy atom. The molecule has 1 N–H and O–H groups in total. The zero-order chi connectivity index (χ0) is 19.0. The number of anilines is 1. The number of carbonyl (C=O) groups is 3. The first-order valence-corrected chi connectivity index (χ1v) is 8.58. The Morgan fingerprint density at radius 2 is 1.81 bits per heavy atom. The van der Waals surface area contributed by atoms with Crippen LogP contribution < -0.4 is 14.8 Å². The minimum Gasteiger partial charge on any atom is -0.486 e. The Labute approximate surface area is 155 Å². The van der Waals surface area contributed by atoms with E-state index in [2.05, 4.69) is 5.32 Å². The highest BCUT2D eigenvalue weighted by atomic mass is 16.6. The summed E-state index contributed by atoms with van der Waals surface area (Å²) in [5, 5.41) is 2.75. The molecule has 1 atom stereocenters. The van der Waals surface area contributed by atoms with Gasteiger partial charge in [0.05, 0.1) is 11.5 Å². The van der Waals surface area contributed by atoms with Gasteiger partial charge in [0.1, 0.15) is 13.2 Å². The zero-order valence-electron chi connectivity index (χ0n) is 14.6. The number of esters is 1. The first-order chi connectivity index (χ1) is 13.0. The van der Waals surface area contributed by atoms with E-state index in [0.29, 0.717) is 36.0 Å². The Bertz CT molecular complexity index is 951. The molecule has 2 aromatic rings. The van der Waals surface area contributed by atoms with Crippen molar-refractivity contribution >= 4 is 23.3 Å². The molecule has 7 nitrogen and oxygen atoms in total. The van der Waals surface area contributed by atoms with E-state index in [1.54, 1.807) is 37.3 Å². The molecule has 138 valence electrons. The molecule has 2 heterocycles. The number of fused-ring (bicyclic) bond motifs is 2. The number of ketones is 1. The van der Waals surface area contributed by atoms with Crippen LogP contribution in [0, 0.1) is 0 Å². The lowest BCUT2D eigenvalue weighted by atomic mass is 9.99. The van der Waals surface area contributed by atoms with Crippen molar-refractivity contribution in [2.75, 3.05) is 25.1 Å². The summed E-state index contributed by atoms with van der Waals surface area (Å²) in [7, 11) is 0. The summed E-state index contributed by atoms with van der Waals surface area (Å²) in [5.74, 6) is -0.314. The first-order valence-electron chi connectivity index (χ1n) is 8.58. The summed E-state index contributed by atoms with van der Waals surface area (Å²) in [6.45, 7) is 2.27. The molecule has 0 aromatic heterocycles. The van der Waals surface area contributed by atoms with Crippen LogP contribution in [0.4, 0.5) is 5.69 Å². The summed E-state index contributed by atoms with van der Waals surface area (Å²) in [4.78, 5) is 36.3. The number of rotatable bonds is 4.